The zero-order valence-electron chi connectivity index (χ0n) is 10.6. The molecule has 0 bridgehead atoms. The van der Waals surface area contributed by atoms with Gasteiger partial charge in [-0.25, -0.2) is 4.98 Å². The van der Waals surface area contributed by atoms with Crippen LogP contribution in [0.4, 0.5) is 17.5 Å². The summed E-state index contributed by atoms with van der Waals surface area (Å²) >= 11 is 5.80. The largest absolute Gasteiger partial charge is 0.368 e. The molecule has 0 amide bonds. The average molecular weight is 277 g/mol. The molecule has 0 fully saturated rings. The van der Waals surface area contributed by atoms with Gasteiger partial charge in [-0.2, -0.15) is 4.98 Å². The fourth-order valence-electron chi connectivity index (χ4n) is 1.78. The molecular formula is C13H13ClN4O. The van der Waals surface area contributed by atoms with E-state index in [9.17, 15) is 4.79 Å². The highest BCUT2D eigenvalue weighted by atomic mass is 35.5. The molecule has 2 aromatic rings. The van der Waals surface area contributed by atoms with Crippen LogP contribution in [0.2, 0.25) is 5.15 Å². The standard InChI is InChI=1S/C13H13ClN4O/c1-7-5-9(3-4-10(7)8(2)19)16-12-6-11(14)17-13(15)18-12/h3-6H,1-2H3,(H3,15,16,17,18). The summed E-state index contributed by atoms with van der Waals surface area (Å²) in [5.41, 5.74) is 7.91. The maximum Gasteiger partial charge on any atom is 0.223 e. The lowest BCUT2D eigenvalue weighted by Gasteiger charge is -2.09. The molecule has 19 heavy (non-hydrogen) atoms. The minimum Gasteiger partial charge on any atom is -0.368 e. The number of hydrogen-bond donors (Lipinski definition) is 2. The third-order valence-corrected chi connectivity index (χ3v) is 2.78. The van der Waals surface area contributed by atoms with Crippen molar-refractivity contribution in [2.24, 2.45) is 0 Å². The molecule has 0 radical (unpaired) electrons. The van der Waals surface area contributed by atoms with Gasteiger partial charge in [0.05, 0.1) is 0 Å². The summed E-state index contributed by atoms with van der Waals surface area (Å²) in [6.45, 7) is 3.42. The van der Waals surface area contributed by atoms with Crippen molar-refractivity contribution >= 4 is 34.8 Å². The van der Waals surface area contributed by atoms with Crippen molar-refractivity contribution in [2.75, 3.05) is 11.1 Å². The lowest BCUT2D eigenvalue weighted by atomic mass is 10.1. The molecule has 1 aromatic carbocycles. The van der Waals surface area contributed by atoms with Crippen LogP contribution in [0.25, 0.3) is 0 Å². The number of hydrogen-bond acceptors (Lipinski definition) is 5. The number of carbonyl (C=O) groups excluding carboxylic acids is 1. The number of aryl methyl sites for hydroxylation is 1. The van der Waals surface area contributed by atoms with Gasteiger partial charge in [0.1, 0.15) is 11.0 Å². The second-order valence-corrected chi connectivity index (χ2v) is 4.53. The fourth-order valence-corrected chi connectivity index (χ4v) is 1.97. The first-order chi connectivity index (χ1) is 8.95. The van der Waals surface area contributed by atoms with Gasteiger partial charge in [-0.3, -0.25) is 4.79 Å². The zero-order chi connectivity index (χ0) is 14.0. The molecular weight excluding hydrogens is 264 g/mol. The third-order valence-electron chi connectivity index (χ3n) is 2.59. The van der Waals surface area contributed by atoms with E-state index in [2.05, 4.69) is 15.3 Å². The van der Waals surface area contributed by atoms with Crippen LogP contribution in [0.3, 0.4) is 0 Å². The van der Waals surface area contributed by atoms with E-state index in [0.29, 0.717) is 11.4 Å². The number of nitrogens with zero attached hydrogens (tertiary/aromatic N) is 2. The number of anilines is 3. The van der Waals surface area contributed by atoms with Crippen molar-refractivity contribution in [2.45, 2.75) is 13.8 Å². The Balaban J connectivity index is 2.28. The topological polar surface area (TPSA) is 80.9 Å². The second-order valence-electron chi connectivity index (χ2n) is 4.14. The van der Waals surface area contributed by atoms with E-state index in [1.807, 2.05) is 13.0 Å². The summed E-state index contributed by atoms with van der Waals surface area (Å²) in [4.78, 5) is 19.1. The van der Waals surface area contributed by atoms with Crippen LogP contribution < -0.4 is 11.1 Å². The quantitative estimate of drug-likeness (QED) is 0.665. The summed E-state index contributed by atoms with van der Waals surface area (Å²) in [6.07, 6.45) is 0. The summed E-state index contributed by atoms with van der Waals surface area (Å²) < 4.78 is 0. The first kappa shape index (κ1) is 13.3. The van der Waals surface area contributed by atoms with Crippen LogP contribution in [-0.2, 0) is 0 Å². The number of nitrogens with one attached hydrogen (secondary N) is 1. The summed E-state index contributed by atoms with van der Waals surface area (Å²) in [5.74, 6) is 0.651. The Labute approximate surface area is 115 Å². The summed E-state index contributed by atoms with van der Waals surface area (Å²) in [5, 5.41) is 3.34. The first-order valence-electron chi connectivity index (χ1n) is 5.64. The van der Waals surface area contributed by atoms with Crippen LogP contribution in [0.5, 0.6) is 0 Å². The van der Waals surface area contributed by atoms with Crippen LogP contribution in [0.1, 0.15) is 22.8 Å². The fraction of sp³-hybridized carbons (Fsp3) is 0.154. The first-order valence-corrected chi connectivity index (χ1v) is 6.02. The van der Waals surface area contributed by atoms with Crippen molar-refractivity contribution in [1.29, 1.82) is 0 Å². The number of Topliss-reactive ketones (excluding diaryl/α,β-unsaturated/α-hetero) is 1. The Kier molecular flexibility index (Phi) is 3.66. The van der Waals surface area contributed by atoms with Crippen LogP contribution in [0, 0.1) is 6.92 Å². The molecule has 3 N–H and O–H groups in total. The van der Waals surface area contributed by atoms with Gasteiger partial charge in [0.15, 0.2) is 5.78 Å². The Morgan fingerprint density at radius 2 is 2.05 bits per heavy atom. The molecule has 0 spiro atoms. The van der Waals surface area contributed by atoms with Crippen molar-refractivity contribution in [3.05, 3.63) is 40.5 Å². The Hall–Kier alpha value is -2.14. The van der Waals surface area contributed by atoms with Crippen LogP contribution >= 0.6 is 11.6 Å². The number of rotatable bonds is 3. The monoisotopic (exact) mass is 276 g/mol. The molecule has 0 unspecified atom stereocenters. The molecule has 0 saturated carbocycles. The van der Waals surface area contributed by atoms with Crippen LogP contribution in [-0.4, -0.2) is 15.8 Å². The van der Waals surface area contributed by atoms with E-state index in [0.717, 1.165) is 11.3 Å². The highest BCUT2D eigenvalue weighted by Crippen LogP contribution is 2.21. The van der Waals surface area contributed by atoms with Gasteiger partial charge < -0.3 is 11.1 Å². The highest BCUT2D eigenvalue weighted by molar-refractivity contribution is 6.29. The minimum atomic E-state index is 0.0402. The average Bonchev–Trinajstić information content (AvgIpc) is 2.26. The smallest absolute Gasteiger partial charge is 0.223 e. The molecule has 5 nitrogen and oxygen atoms in total. The van der Waals surface area contributed by atoms with Crippen molar-refractivity contribution < 1.29 is 4.79 Å². The van der Waals surface area contributed by atoms with Gasteiger partial charge in [-0.15, -0.1) is 0 Å². The normalized spacial score (nSPS) is 10.3. The maximum atomic E-state index is 11.4. The maximum absolute atomic E-state index is 11.4. The molecule has 0 atom stereocenters. The van der Waals surface area contributed by atoms with Crippen molar-refractivity contribution in [3.8, 4) is 0 Å². The predicted octanol–water partition coefficient (Wildman–Crippen LogP) is 2.97. The van der Waals surface area contributed by atoms with E-state index < -0.39 is 0 Å². The van der Waals surface area contributed by atoms with E-state index in [1.165, 1.54) is 0 Å². The minimum absolute atomic E-state index is 0.0402. The second kappa shape index (κ2) is 5.24. The van der Waals surface area contributed by atoms with Crippen LogP contribution in [0.15, 0.2) is 24.3 Å². The number of halogens is 1. The van der Waals surface area contributed by atoms with E-state index in [4.69, 9.17) is 17.3 Å². The van der Waals surface area contributed by atoms with E-state index in [1.54, 1.807) is 25.1 Å². The summed E-state index contributed by atoms with van der Waals surface area (Å²) in [7, 11) is 0. The molecule has 0 aliphatic heterocycles. The number of aromatic nitrogens is 2. The van der Waals surface area contributed by atoms with Gasteiger partial charge in [0, 0.05) is 17.3 Å². The molecule has 0 aliphatic carbocycles. The molecule has 2 rings (SSSR count). The zero-order valence-corrected chi connectivity index (χ0v) is 11.3. The summed E-state index contributed by atoms with van der Waals surface area (Å²) in [6, 6.07) is 7.01. The molecule has 98 valence electrons. The lowest BCUT2D eigenvalue weighted by Crippen LogP contribution is -2.01. The van der Waals surface area contributed by atoms with Gasteiger partial charge in [0.25, 0.3) is 0 Å². The number of carbonyl (C=O) groups is 1. The van der Waals surface area contributed by atoms with Crippen molar-refractivity contribution in [3.63, 3.8) is 0 Å². The van der Waals surface area contributed by atoms with Gasteiger partial charge >= 0.3 is 0 Å². The molecule has 1 heterocycles. The predicted molar refractivity (Wildman–Crippen MR) is 75.9 cm³/mol. The number of benzene rings is 1. The molecule has 6 heteroatoms. The van der Waals surface area contributed by atoms with E-state index in [-0.39, 0.29) is 16.9 Å². The Bertz CT molecular complexity index is 622. The Morgan fingerprint density at radius 1 is 1.32 bits per heavy atom. The van der Waals surface area contributed by atoms with Gasteiger partial charge in [0.2, 0.25) is 5.95 Å². The molecule has 0 aliphatic rings. The highest BCUT2D eigenvalue weighted by Gasteiger charge is 2.06. The van der Waals surface area contributed by atoms with Crippen molar-refractivity contribution in [1.82, 2.24) is 9.97 Å². The Morgan fingerprint density at radius 3 is 2.63 bits per heavy atom. The lowest BCUT2D eigenvalue weighted by molar-refractivity contribution is 0.101. The number of ketones is 1. The SMILES string of the molecule is CC(=O)c1ccc(Nc2cc(Cl)nc(N)n2)cc1C. The van der Waals surface area contributed by atoms with E-state index >= 15 is 0 Å². The van der Waals surface area contributed by atoms with Gasteiger partial charge in [-0.05, 0) is 37.6 Å². The molecule has 0 saturated heterocycles. The third kappa shape index (κ3) is 3.20. The number of nitrogen functional groups attached to an aromatic ring is 1. The van der Waals surface area contributed by atoms with Gasteiger partial charge in [-0.1, -0.05) is 11.6 Å². The number of nitrogens with two attached hydrogens (primary N) is 1. The molecule has 1 aromatic heterocycles.